The average Bonchev–Trinajstić information content (AvgIpc) is 2.60. The second-order valence-corrected chi connectivity index (χ2v) is 8.65. The fraction of sp³-hybridized carbons (Fsp3) is 0.263. The normalized spacial score (nSPS) is 11.1. The van der Waals surface area contributed by atoms with E-state index in [1.165, 1.54) is 23.1 Å². The zero-order chi connectivity index (χ0) is 20.2. The number of aryl methyl sites for hydroxylation is 1. The van der Waals surface area contributed by atoms with Crippen molar-refractivity contribution in [1.82, 2.24) is 4.90 Å². The Morgan fingerprint density at radius 1 is 1.11 bits per heavy atom. The predicted octanol–water partition coefficient (Wildman–Crippen LogP) is 2.87. The number of halogens is 1. The van der Waals surface area contributed by atoms with Crippen molar-refractivity contribution in [2.24, 2.45) is 0 Å². The maximum Gasteiger partial charge on any atom is 0.338 e. The van der Waals surface area contributed by atoms with Crippen LogP contribution in [0.15, 0.2) is 47.4 Å². The second kappa shape index (κ2) is 8.54. The van der Waals surface area contributed by atoms with Gasteiger partial charge in [-0.05, 0) is 42.3 Å². The third kappa shape index (κ3) is 5.80. The lowest BCUT2D eigenvalue weighted by molar-refractivity contribution is -0.133. The van der Waals surface area contributed by atoms with Crippen LogP contribution in [0, 0.1) is 6.92 Å². The molecular formula is C19H20ClNO5S. The molecule has 0 N–H and O–H groups in total. The van der Waals surface area contributed by atoms with Crippen LogP contribution in [-0.4, -0.2) is 45.1 Å². The minimum Gasteiger partial charge on any atom is -0.452 e. The van der Waals surface area contributed by atoms with Gasteiger partial charge in [0.15, 0.2) is 16.4 Å². The van der Waals surface area contributed by atoms with Crippen LogP contribution in [0.25, 0.3) is 0 Å². The van der Waals surface area contributed by atoms with E-state index in [2.05, 4.69) is 0 Å². The van der Waals surface area contributed by atoms with Gasteiger partial charge in [0.2, 0.25) is 0 Å². The fourth-order valence-corrected chi connectivity index (χ4v) is 3.09. The molecule has 0 heterocycles. The Morgan fingerprint density at radius 2 is 1.74 bits per heavy atom. The molecule has 1 amide bonds. The van der Waals surface area contributed by atoms with Crippen LogP contribution in [0.5, 0.6) is 0 Å². The molecule has 2 rings (SSSR count). The van der Waals surface area contributed by atoms with E-state index in [0.29, 0.717) is 17.1 Å². The average molecular weight is 410 g/mol. The van der Waals surface area contributed by atoms with Crippen molar-refractivity contribution < 1.29 is 22.7 Å². The molecule has 0 aliphatic rings. The van der Waals surface area contributed by atoms with E-state index >= 15 is 0 Å². The maximum atomic E-state index is 12.3. The maximum absolute atomic E-state index is 12.3. The van der Waals surface area contributed by atoms with Crippen LogP contribution in [0.1, 0.15) is 21.5 Å². The molecule has 0 aromatic heterocycles. The minimum absolute atomic E-state index is 0.0197. The van der Waals surface area contributed by atoms with E-state index in [4.69, 9.17) is 16.3 Å². The lowest BCUT2D eigenvalue weighted by Crippen LogP contribution is -2.30. The van der Waals surface area contributed by atoms with Gasteiger partial charge in [0.05, 0.1) is 10.5 Å². The first-order valence-corrected chi connectivity index (χ1v) is 10.3. The van der Waals surface area contributed by atoms with Gasteiger partial charge in [0.1, 0.15) is 0 Å². The lowest BCUT2D eigenvalue weighted by Gasteiger charge is -2.17. The molecule has 0 saturated heterocycles. The molecule has 0 unspecified atom stereocenters. The first kappa shape index (κ1) is 20.9. The number of hydrogen-bond donors (Lipinski definition) is 0. The monoisotopic (exact) mass is 409 g/mol. The van der Waals surface area contributed by atoms with E-state index in [1.807, 2.05) is 0 Å². The van der Waals surface area contributed by atoms with E-state index in [-0.39, 0.29) is 16.4 Å². The Hall–Kier alpha value is -2.38. The van der Waals surface area contributed by atoms with Gasteiger partial charge in [-0.15, -0.1) is 0 Å². The van der Waals surface area contributed by atoms with Gasteiger partial charge in [0, 0.05) is 24.9 Å². The van der Waals surface area contributed by atoms with Crippen molar-refractivity contribution >= 4 is 33.3 Å². The zero-order valence-corrected chi connectivity index (χ0v) is 16.8. The molecule has 0 saturated carbocycles. The fourth-order valence-electron chi connectivity index (χ4n) is 2.32. The quantitative estimate of drug-likeness (QED) is 0.685. The van der Waals surface area contributed by atoms with E-state index in [0.717, 1.165) is 11.8 Å². The summed E-state index contributed by atoms with van der Waals surface area (Å²) in [6.07, 6.45) is 1.06. The minimum atomic E-state index is -3.45. The highest BCUT2D eigenvalue weighted by Gasteiger charge is 2.18. The number of rotatable bonds is 6. The molecule has 0 spiro atoms. The molecule has 144 valence electrons. The molecule has 6 nitrogen and oxygen atoms in total. The smallest absolute Gasteiger partial charge is 0.338 e. The van der Waals surface area contributed by atoms with Gasteiger partial charge < -0.3 is 9.64 Å². The molecule has 27 heavy (non-hydrogen) atoms. The summed E-state index contributed by atoms with van der Waals surface area (Å²) in [5.41, 5.74) is 1.57. The molecule has 2 aromatic carbocycles. The van der Waals surface area contributed by atoms with E-state index in [9.17, 15) is 18.0 Å². The number of carbonyl (C=O) groups excluding carboxylic acids is 2. The number of nitrogens with zero attached hydrogens (tertiary/aromatic N) is 1. The SMILES string of the molecule is Cc1ccc(S(C)(=O)=O)cc1C(=O)OCC(=O)N(C)Cc1ccc(Cl)cc1. The zero-order valence-electron chi connectivity index (χ0n) is 15.2. The standard InChI is InChI=1S/C19H20ClNO5S/c1-13-4-9-16(27(3,24)25)10-17(13)19(23)26-12-18(22)21(2)11-14-5-7-15(20)8-6-14/h4-10H,11-12H2,1-3H3. The Labute approximate surface area is 163 Å². The summed E-state index contributed by atoms with van der Waals surface area (Å²) in [5, 5.41) is 0.605. The third-order valence-corrected chi connectivity index (χ3v) is 5.30. The van der Waals surface area contributed by atoms with Gasteiger partial charge in [-0.25, -0.2) is 13.2 Å². The Balaban J connectivity index is 2.00. The first-order valence-electron chi connectivity index (χ1n) is 8.04. The molecular weight excluding hydrogens is 390 g/mol. The summed E-state index contributed by atoms with van der Waals surface area (Å²) in [7, 11) is -1.85. The molecule has 0 bridgehead atoms. The largest absolute Gasteiger partial charge is 0.452 e. The first-order chi connectivity index (χ1) is 12.6. The number of esters is 1. The molecule has 0 atom stereocenters. The van der Waals surface area contributed by atoms with Crippen LogP contribution in [0.2, 0.25) is 5.02 Å². The van der Waals surface area contributed by atoms with E-state index in [1.54, 1.807) is 38.2 Å². The van der Waals surface area contributed by atoms with Gasteiger partial charge >= 0.3 is 5.97 Å². The summed E-state index contributed by atoms with van der Waals surface area (Å²) in [6.45, 7) is 1.57. The molecule has 8 heteroatoms. The number of benzene rings is 2. The Kier molecular flexibility index (Phi) is 6.62. The van der Waals surface area contributed by atoms with Crippen LogP contribution in [0.3, 0.4) is 0 Å². The molecule has 0 radical (unpaired) electrons. The third-order valence-electron chi connectivity index (χ3n) is 3.94. The molecule has 0 fully saturated rings. The summed E-state index contributed by atoms with van der Waals surface area (Å²) in [4.78, 5) is 25.9. The van der Waals surface area contributed by atoms with Crippen molar-refractivity contribution in [2.45, 2.75) is 18.4 Å². The van der Waals surface area contributed by atoms with Crippen molar-refractivity contribution in [2.75, 3.05) is 19.9 Å². The van der Waals surface area contributed by atoms with Crippen LogP contribution < -0.4 is 0 Å². The van der Waals surface area contributed by atoms with Crippen molar-refractivity contribution in [3.05, 3.63) is 64.2 Å². The van der Waals surface area contributed by atoms with Crippen molar-refractivity contribution in [3.63, 3.8) is 0 Å². The van der Waals surface area contributed by atoms with Gasteiger partial charge in [-0.2, -0.15) is 0 Å². The van der Waals surface area contributed by atoms with Crippen LogP contribution in [-0.2, 0) is 25.9 Å². The highest BCUT2D eigenvalue weighted by Crippen LogP contribution is 2.17. The number of hydrogen-bond acceptors (Lipinski definition) is 5. The topological polar surface area (TPSA) is 80.7 Å². The van der Waals surface area contributed by atoms with Crippen molar-refractivity contribution in [1.29, 1.82) is 0 Å². The molecule has 0 aliphatic heterocycles. The number of amides is 1. The summed E-state index contributed by atoms with van der Waals surface area (Å²) >= 11 is 5.83. The van der Waals surface area contributed by atoms with Gasteiger partial charge in [-0.3, -0.25) is 4.79 Å². The van der Waals surface area contributed by atoms with E-state index < -0.39 is 22.4 Å². The highest BCUT2D eigenvalue weighted by molar-refractivity contribution is 7.90. The number of ether oxygens (including phenoxy) is 1. The number of sulfone groups is 1. The Morgan fingerprint density at radius 3 is 2.33 bits per heavy atom. The Bertz CT molecular complexity index is 955. The molecule has 0 aliphatic carbocycles. The number of likely N-dealkylation sites (N-methyl/N-ethyl adjacent to an activating group) is 1. The predicted molar refractivity (Wildman–Crippen MR) is 102 cm³/mol. The summed E-state index contributed by atoms with van der Waals surface area (Å²) in [6, 6.07) is 11.3. The highest BCUT2D eigenvalue weighted by atomic mass is 35.5. The van der Waals surface area contributed by atoms with Crippen LogP contribution in [0.4, 0.5) is 0 Å². The summed E-state index contributed by atoms with van der Waals surface area (Å²) < 4.78 is 28.4. The van der Waals surface area contributed by atoms with Crippen LogP contribution >= 0.6 is 11.6 Å². The van der Waals surface area contributed by atoms with Gasteiger partial charge in [-0.1, -0.05) is 29.8 Å². The summed E-state index contributed by atoms with van der Waals surface area (Å²) in [5.74, 6) is -1.12. The second-order valence-electron chi connectivity index (χ2n) is 6.20. The number of carbonyl (C=O) groups is 2. The molecule has 2 aromatic rings. The lowest BCUT2D eigenvalue weighted by atomic mass is 10.1. The van der Waals surface area contributed by atoms with Crippen molar-refractivity contribution in [3.8, 4) is 0 Å². The van der Waals surface area contributed by atoms with Gasteiger partial charge in [0.25, 0.3) is 5.91 Å².